The SMILES string of the molecule is CCCC(=O)NCC(=O)Nc1ccc(N(CC)CC)cc1C. The normalized spacial score (nSPS) is 10.2. The number of benzene rings is 1. The van der Waals surface area contributed by atoms with E-state index in [4.69, 9.17) is 0 Å². The van der Waals surface area contributed by atoms with Gasteiger partial charge < -0.3 is 15.5 Å². The maximum Gasteiger partial charge on any atom is 0.243 e. The first-order chi connectivity index (χ1) is 10.5. The van der Waals surface area contributed by atoms with Crippen molar-refractivity contribution in [2.75, 3.05) is 29.9 Å². The number of carbonyl (C=O) groups is 2. The smallest absolute Gasteiger partial charge is 0.243 e. The van der Waals surface area contributed by atoms with Gasteiger partial charge in [-0.1, -0.05) is 6.92 Å². The Morgan fingerprint density at radius 3 is 2.32 bits per heavy atom. The summed E-state index contributed by atoms with van der Waals surface area (Å²) in [6.07, 6.45) is 1.23. The van der Waals surface area contributed by atoms with Gasteiger partial charge in [-0.2, -0.15) is 0 Å². The van der Waals surface area contributed by atoms with Gasteiger partial charge in [-0.05, 0) is 51.0 Å². The van der Waals surface area contributed by atoms with E-state index >= 15 is 0 Å². The Balaban J connectivity index is 2.62. The van der Waals surface area contributed by atoms with Crippen LogP contribution in [0, 0.1) is 6.92 Å². The third-order valence-corrected chi connectivity index (χ3v) is 3.54. The highest BCUT2D eigenvalue weighted by atomic mass is 16.2. The molecular weight excluding hydrogens is 278 g/mol. The molecule has 0 bridgehead atoms. The highest BCUT2D eigenvalue weighted by Gasteiger charge is 2.09. The van der Waals surface area contributed by atoms with Crippen LogP contribution in [0.2, 0.25) is 0 Å². The van der Waals surface area contributed by atoms with E-state index in [2.05, 4.69) is 35.4 Å². The molecule has 0 aliphatic rings. The molecule has 0 saturated heterocycles. The molecule has 0 atom stereocenters. The van der Waals surface area contributed by atoms with Gasteiger partial charge in [-0.3, -0.25) is 9.59 Å². The Bertz CT molecular complexity index is 511. The van der Waals surface area contributed by atoms with Crippen molar-refractivity contribution >= 4 is 23.2 Å². The van der Waals surface area contributed by atoms with Crippen molar-refractivity contribution in [2.45, 2.75) is 40.5 Å². The second kappa shape index (κ2) is 9.07. The highest BCUT2D eigenvalue weighted by molar-refractivity contribution is 5.95. The van der Waals surface area contributed by atoms with Crippen LogP contribution in [0.4, 0.5) is 11.4 Å². The summed E-state index contributed by atoms with van der Waals surface area (Å²) in [4.78, 5) is 25.5. The van der Waals surface area contributed by atoms with Crippen molar-refractivity contribution in [1.82, 2.24) is 5.32 Å². The Morgan fingerprint density at radius 1 is 1.09 bits per heavy atom. The maximum absolute atomic E-state index is 11.9. The lowest BCUT2D eigenvalue weighted by atomic mass is 10.1. The first kappa shape index (κ1) is 18.0. The minimum absolute atomic E-state index is 0.00999. The summed E-state index contributed by atoms with van der Waals surface area (Å²) in [6, 6.07) is 5.98. The van der Waals surface area contributed by atoms with Gasteiger partial charge in [0.05, 0.1) is 6.54 Å². The molecule has 0 aromatic heterocycles. The van der Waals surface area contributed by atoms with E-state index in [1.54, 1.807) is 0 Å². The maximum atomic E-state index is 11.9. The number of nitrogens with zero attached hydrogens (tertiary/aromatic N) is 1. The van der Waals surface area contributed by atoms with Gasteiger partial charge >= 0.3 is 0 Å². The summed E-state index contributed by atoms with van der Waals surface area (Å²) >= 11 is 0. The first-order valence-corrected chi connectivity index (χ1v) is 7.93. The topological polar surface area (TPSA) is 61.4 Å². The molecule has 5 nitrogen and oxygen atoms in total. The molecule has 0 aliphatic carbocycles. The lowest BCUT2D eigenvalue weighted by molar-refractivity contribution is -0.124. The number of hydrogen-bond acceptors (Lipinski definition) is 3. The van der Waals surface area contributed by atoms with E-state index in [1.807, 2.05) is 26.0 Å². The van der Waals surface area contributed by atoms with Crippen LogP contribution in [0.5, 0.6) is 0 Å². The van der Waals surface area contributed by atoms with Crippen LogP contribution in [-0.4, -0.2) is 31.4 Å². The number of aryl methyl sites for hydroxylation is 1. The Hall–Kier alpha value is -2.04. The molecule has 1 aromatic rings. The van der Waals surface area contributed by atoms with Gasteiger partial charge in [-0.15, -0.1) is 0 Å². The molecule has 2 N–H and O–H groups in total. The molecule has 2 amide bonds. The van der Waals surface area contributed by atoms with Gasteiger partial charge in [0, 0.05) is 30.9 Å². The van der Waals surface area contributed by atoms with Crippen LogP contribution in [0.25, 0.3) is 0 Å². The largest absolute Gasteiger partial charge is 0.372 e. The van der Waals surface area contributed by atoms with Crippen molar-refractivity contribution < 1.29 is 9.59 Å². The minimum Gasteiger partial charge on any atom is -0.372 e. The van der Waals surface area contributed by atoms with E-state index in [1.165, 1.54) is 0 Å². The van der Waals surface area contributed by atoms with Crippen molar-refractivity contribution in [2.24, 2.45) is 0 Å². The zero-order valence-electron chi connectivity index (χ0n) is 14.0. The molecule has 0 heterocycles. The molecule has 0 radical (unpaired) electrons. The number of rotatable bonds is 8. The standard InChI is InChI=1S/C17H27N3O2/c1-5-8-16(21)18-12-17(22)19-15-10-9-14(11-13(15)4)20(6-2)7-3/h9-11H,5-8,12H2,1-4H3,(H,18,21)(H,19,22). The number of amides is 2. The summed E-state index contributed by atoms with van der Waals surface area (Å²) in [5, 5.41) is 5.45. The lowest BCUT2D eigenvalue weighted by Crippen LogP contribution is -2.32. The number of nitrogens with one attached hydrogen (secondary N) is 2. The average molecular weight is 305 g/mol. The molecular formula is C17H27N3O2. The average Bonchev–Trinajstić information content (AvgIpc) is 2.49. The third-order valence-electron chi connectivity index (χ3n) is 3.54. The van der Waals surface area contributed by atoms with Crippen LogP contribution in [0.15, 0.2) is 18.2 Å². The predicted molar refractivity (Wildman–Crippen MR) is 91.3 cm³/mol. The van der Waals surface area contributed by atoms with E-state index in [0.717, 1.165) is 36.4 Å². The molecule has 0 aliphatic heterocycles. The van der Waals surface area contributed by atoms with Crippen molar-refractivity contribution in [3.63, 3.8) is 0 Å². The number of carbonyl (C=O) groups excluding carboxylic acids is 2. The first-order valence-electron chi connectivity index (χ1n) is 7.93. The lowest BCUT2D eigenvalue weighted by Gasteiger charge is -2.22. The van der Waals surface area contributed by atoms with Crippen molar-refractivity contribution in [3.05, 3.63) is 23.8 Å². The van der Waals surface area contributed by atoms with Gasteiger partial charge in [-0.25, -0.2) is 0 Å². The zero-order chi connectivity index (χ0) is 16.5. The van der Waals surface area contributed by atoms with E-state index < -0.39 is 0 Å². The van der Waals surface area contributed by atoms with Crippen LogP contribution in [-0.2, 0) is 9.59 Å². The van der Waals surface area contributed by atoms with Crippen LogP contribution < -0.4 is 15.5 Å². The zero-order valence-corrected chi connectivity index (χ0v) is 14.0. The van der Waals surface area contributed by atoms with E-state index in [0.29, 0.717) is 6.42 Å². The fourth-order valence-electron chi connectivity index (χ4n) is 2.26. The Kier molecular flexibility index (Phi) is 7.43. The summed E-state index contributed by atoms with van der Waals surface area (Å²) in [7, 11) is 0. The van der Waals surface area contributed by atoms with E-state index in [-0.39, 0.29) is 18.4 Å². The molecule has 0 fully saturated rings. The molecule has 1 rings (SSSR count). The van der Waals surface area contributed by atoms with Gasteiger partial charge in [0.1, 0.15) is 0 Å². The summed E-state index contributed by atoms with van der Waals surface area (Å²) in [5.74, 6) is -0.297. The summed E-state index contributed by atoms with van der Waals surface area (Å²) in [5.41, 5.74) is 2.94. The fourth-order valence-corrected chi connectivity index (χ4v) is 2.26. The van der Waals surface area contributed by atoms with Crippen LogP contribution in [0.3, 0.4) is 0 Å². The number of anilines is 2. The van der Waals surface area contributed by atoms with Gasteiger partial charge in [0.25, 0.3) is 0 Å². The summed E-state index contributed by atoms with van der Waals surface area (Å²) in [6.45, 7) is 10.0. The number of hydrogen-bond donors (Lipinski definition) is 2. The molecule has 5 heteroatoms. The van der Waals surface area contributed by atoms with Gasteiger partial charge in [0.15, 0.2) is 0 Å². The quantitative estimate of drug-likeness (QED) is 0.776. The van der Waals surface area contributed by atoms with Crippen LogP contribution >= 0.6 is 0 Å². The van der Waals surface area contributed by atoms with Crippen LogP contribution in [0.1, 0.15) is 39.2 Å². The molecule has 1 aromatic carbocycles. The monoisotopic (exact) mass is 305 g/mol. The highest BCUT2D eigenvalue weighted by Crippen LogP contribution is 2.22. The Labute approximate surface area is 133 Å². The fraction of sp³-hybridized carbons (Fsp3) is 0.529. The minimum atomic E-state index is -0.205. The predicted octanol–water partition coefficient (Wildman–Crippen LogP) is 2.70. The molecule has 0 saturated carbocycles. The van der Waals surface area contributed by atoms with E-state index in [9.17, 15) is 9.59 Å². The third kappa shape index (κ3) is 5.39. The summed E-state index contributed by atoms with van der Waals surface area (Å²) < 4.78 is 0. The molecule has 0 unspecified atom stereocenters. The molecule has 0 spiro atoms. The van der Waals surface area contributed by atoms with Gasteiger partial charge in [0.2, 0.25) is 11.8 Å². The molecule has 22 heavy (non-hydrogen) atoms. The van der Waals surface area contributed by atoms with Crippen molar-refractivity contribution in [3.8, 4) is 0 Å². The molecule has 122 valence electrons. The van der Waals surface area contributed by atoms with Crippen molar-refractivity contribution in [1.29, 1.82) is 0 Å². The Morgan fingerprint density at radius 2 is 1.77 bits per heavy atom. The second-order valence-electron chi connectivity index (χ2n) is 5.25. The second-order valence-corrected chi connectivity index (χ2v) is 5.25.